The van der Waals surface area contributed by atoms with Crippen LogP contribution in [0.5, 0.6) is 0 Å². The molecule has 0 saturated carbocycles. The van der Waals surface area contributed by atoms with Gasteiger partial charge in [-0.05, 0) is 36.8 Å². The number of hydrogen-bond donors (Lipinski definition) is 1. The molecule has 1 aromatic carbocycles. The molecule has 0 unspecified atom stereocenters. The van der Waals surface area contributed by atoms with Gasteiger partial charge in [-0.15, -0.1) is 11.3 Å². The first-order valence-electron chi connectivity index (χ1n) is 5.32. The van der Waals surface area contributed by atoms with Crippen molar-refractivity contribution in [1.29, 1.82) is 0 Å². The van der Waals surface area contributed by atoms with Gasteiger partial charge >= 0.3 is 0 Å². The van der Waals surface area contributed by atoms with Gasteiger partial charge in [0.05, 0.1) is 0 Å². The fourth-order valence-corrected chi connectivity index (χ4v) is 2.98. The first-order chi connectivity index (χ1) is 7.83. The van der Waals surface area contributed by atoms with E-state index in [-0.39, 0.29) is 0 Å². The van der Waals surface area contributed by atoms with Crippen LogP contribution in [0.4, 0.5) is 5.69 Å². The summed E-state index contributed by atoms with van der Waals surface area (Å²) < 4.78 is 0. The van der Waals surface area contributed by atoms with E-state index in [0.29, 0.717) is 0 Å². The molecule has 0 fully saturated rings. The number of thiophene rings is 1. The summed E-state index contributed by atoms with van der Waals surface area (Å²) in [6.45, 7) is 3.07. The van der Waals surface area contributed by atoms with Crippen molar-refractivity contribution in [3.05, 3.63) is 41.3 Å². The highest BCUT2D eigenvalue weighted by Crippen LogP contribution is 2.30. The van der Waals surface area contributed by atoms with Crippen LogP contribution in [-0.2, 0) is 5.33 Å². The van der Waals surface area contributed by atoms with E-state index >= 15 is 0 Å². The van der Waals surface area contributed by atoms with Crippen molar-refractivity contribution in [2.45, 2.75) is 12.3 Å². The first kappa shape index (κ1) is 11.7. The molecule has 3 heteroatoms. The highest BCUT2D eigenvalue weighted by Gasteiger charge is 2.02. The maximum atomic E-state index is 3.48. The molecule has 2 rings (SSSR count). The van der Waals surface area contributed by atoms with Crippen molar-refractivity contribution in [1.82, 2.24) is 0 Å². The van der Waals surface area contributed by atoms with Gasteiger partial charge in [0.25, 0.3) is 0 Å². The van der Waals surface area contributed by atoms with Gasteiger partial charge in [-0.3, -0.25) is 0 Å². The van der Waals surface area contributed by atoms with E-state index in [4.69, 9.17) is 0 Å². The summed E-state index contributed by atoms with van der Waals surface area (Å²) in [4.78, 5) is 2.69. The highest BCUT2D eigenvalue weighted by atomic mass is 79.9. The third-order valence-corrected chi connectivity index (χ3v) is 4.43. The van der Waals surface area contributed by atoms with Crippen LogP contribution in [0.1, 0.15) is 11.8 Å². The van der Waals surface area contributed by atoms with E-state index in [0.717, 1.165) is 11.9 Å². The van der Waals surface area contributed by atoms with Crippen LogP contribution in [0.2, 0.25) is 0 Å². The van der Waals surface area contributed by atoms with Crippen molar-refractivity contribution in [2.75, 3.05) is 11.9 Å². The van der Waals surface area contributed by atoms with Crippen LogP contribution < -0.4 is 5.32 Å². The number of nitrogens with one attached hydrogen (secondary N) is 1. The van der Waals surface area contributed by atoms with Gasteiger partial charge in [0.15, 0.2) is 0 Å². The standard InChI is InChI=1S/C13H14BrNS/c1-2-15-11-5-3-4-10(8-11)13-7-6-12(9-14)16-13/h3-8,15H,2,9H2,1H3. The predicted octanol–water partition coefficient (Wildman–Crippen LogP) is 4.74. The van der Waals surface area contributed by atoms with Crippen molar-refractivity contribution in [2.24, 2.45) is 0 Å². The molecular weight excluding hydrogens is 282 g/mol. The molecular formula is C13H14BrNS. The molecule has 0 amide bonds. The normalized spacial score (nSPS) is 10.4. The third-order valence-electron chi connectivity index (χ3n) is 2.32. The van der Waals surface area contributed by atoms with Crippen LogP contribution in [0.3, 0.4) is 0 Å². The first-order valence-corrected chi connectivity index (χ1v) is 7.26. The molecule has 1 aromatic heterocycles. The van der Waals surface area contributed by atoms with E-state index < -0.39 is 0 Å². The highest BCUT2D eigenvalue weighted by molar-refractivity contribution is 9.08. The fraction of sp³-hybridized carbons (Fsp3) is 0.231. The van der Waals surface area contributed by atoms with E-state index in [1.807, 2.05) is 11.3 Å². The van der Waals surface area contributed by atoms with Crippen molar-refractivity contribution in [3.63, 3.8) is 0 Å². The molecule has 0 saturated heterocycles. The van der Waals surface area contributed by atoms with Crippen LogP contribution in [0, 0.1) is 0 Å². The summed E-state index contributed by atoms with van der Waals surface area (Å²) in [5, 5.41) is 4.27. The molecule has 0 aliphatic heterocycles. The Hall–Kier alpha value is -0.800. The number of hydrogen-bond acceptors (Lipinski definition) is 2. The number of anilines is 1. The molecule has 1 heterocycles. The minimum Gasteiger partial charge on any atom is -0.385 e. The topological polar surface area (TPSA) is 12.0 Å². The molecule has 0 radical (unpaired) electrons. The van der Waals surface area contributed by atoms with Crippen LogP contribution in [0.25, 0.3) is 10.4 Å². The Morgan fingerprint density at radius 3 is 2.81 bits per heavy atom. The van der Waals surface area contributed by atoms with Crippen LogP contribution >= 0.6 is 27.3 Å². The molecule has 2 aromatic rings. The van der Waals surface area contributed by atoms with Gasteiger partial charge in [0.1, 0.15) is 0 Å². The van der Waals surface area contributed by atoms with Crippen LogP contribution in [0.15, 0.2) is 36.4 Å². The summed E-state index contributed by atoms with van der Waals surface area (Å²) in [5.41, 5.74) is 2.48. The smallest absolute Gasteiger partial charge is 0.0377 e. The Labute approximate surface area is 109 Å². The minimum atomic E-state index is 0.935. The van der Waals surface area contributed by atoms with Crippen molar-refractivity contribution < 1.29 is 0 Å². The molecule has 0 aliphatic rings. The molecule has 1 nitrogen and oxygen atoms in total. The van der Waals surface area contributed by atoms with Gasteiger partial charge in [0.2, 0.25) is 0 Å². The molecule has 0 atom stereocenters. The Balaban J connectivity index is 2.28. The number of benzene rings is 1. The second-order valence-electron chi connectivity index (χ2n) is 3.51. The largest absolute Gasteiger partial charge is 0.385 e. The van der Waals surface area contributed by atoms with E-state index in [1.165, 1.54) is 21.0 Å². The average molecular weight is 296 g/mol. The Morgan fingerprint density at radius 2 is 2.12 bits per heavy atom. The van der Waals surface area contributed by atoms with E-state index in [9.17, 15) is 0 Å². The number of rotatable bonds is 4. The monoisotopic (exact) mass is 295 g/mol. The van der Waals surface area contributed by atoms with Gasteiger partial charge in [-0.2, -0.15) is 0 Å². The van der Waals surface area contributed by atoms with Crippen LogP contribution in [-0.4, -0.2) is 6.54 Å². The maximum Gasteiger partial charge on any atom is 0.0377 e. The lowest BCUT2D eigenvalue weighted by atomic mass is 10.1. The zero-order chi connectivity index (χ0) is 11.4. The molecule has 84 valence electrons. The molecule has 0 bridgehead atoms. The van der Waals surface area contributed by atoms with Crippen molar-refractivity contribution >= 4 is 33.0 Å². The van der Waals surface area contributed by atoms with Gasteiger partial charge in [0, 0.05) is 27.3 Å². The molecule has 0 spiro atoms. The van der Waals surface area contributed by atoms with E-state index in [1.54, 1.807) is 0 Å². The lowest BCUT2D eigenvalue weighted by molar-refractivity contribution is 1.21. The zero-order valence-electron chi connectivity index (χ0n) is 9.16. The Morgan fingerprint density at radius 1 is 1.25 bits per heavy atom. The minimum absolute atomic E-state index is 0.935. The second-order valence-corrected chi connectivity index (χ2v) is 5.24. The second kappa shape index (κ2) is 5.51. The third kappa shape index (κ3) is 2.66. The summed E-state index contributed by atoms with van der Waals surface area (Å²) in [7, 11) is 0. The summed E-state index contributed by atoms with van der Waals surface area (Å²) in [6, 6.07) is 12.9. The fourth-order valence-electron chi connectivity index (χ4n) is 1.59. The number of halogens is 1. The summed E-state index contributed by atoms with van der Waals surface area (Å²) in [5.74, 6) is 0. The molecule has 16 heavy (non-hydrogen) atoms. The lowest BCUT2D eigenvalue weighted by Crippen LogP contribution is -1.95. The van der Waals surface area contributed by atoms with E-state index in [2.05, 4.69) is 64.6 Å². The maximum absolute atomic E-state index is 3.48. The Kier molecular flexibility index (Phi) is 4.02. The average Bonchev–Trinajstić information content (AvgIpc) is 2.78. The quantitative estimate of drug-likeness (QED) is 0.803. The summed E-state index contributed by atoms with van der Waals surface area (Å²) in [6.07, 6.45) is 0. The predicted molar refractivity (Wildman–Crippen MR) is 76.5 cm³/mol. The number of alkyl halides is 1. The molecule has 1 N–H and O–H groups in total. The van der Waals surface area contributed by atoms with Gasteiger partial charge in [-0.25, -0.2) is 0 Å². The zero-order valence-corrected chi connectivity index (χ0v) is 11.6. The molecule has 0 aliphatic carbocycles. The SMILES string of the molecule is CCNc1cccc(-c2ccc(CBr)s2)c1. The Bertz CT molecular complexity index is 464. The van der Waals surface area contributed by atoms with Gasteiger partial charge in [-0.1, -0.05) is 28.1 Å². The summed E-state index contributed by atoms with van der Waals surface area (Å²) >= 11 is 5.32. The van der Waals surface area contributed by atoms with Crippen molar-refractivity contribution in [3.8, 4) is 10.4 Å². The van der Waals surface area contributed by atoms with Gasteiger partial charge < -0.3 is 5.32 Å². The lowest BCUT2D eigenvalue weighted by Gasteiger charge is -2.04.